The van der Waals surface area contributed by atoms with Gasteiger partial charge in [0.25, 0.3) is 0 Å². The van der Waals surface area contributed by atoms with Gasteiger partial charge in [-0.25, -0.2) is 0 Å². The lowest BCUT2D eigenvalue weighted by molar-refractivity contribution is 0.122. The molecule has 23 heavy (non-hydrogen) atoms. The molecule has 2 aromatic heterocycles. The summed E-state index contributed by atoms with van der Waals surface area (Å²) in [6.45, 7) is 4.66. The van der Waals surface area contributed by atoms with E-state index >= 15 is 0 Å². The smallest absolute Gasteiger partial charge is 0.134 e. The number of benzene rings is 1. The van der Waals surface area contributed by atoms with Crippen LogP contribution in [0.3, 0.4) is 0 Å². The van der Waals surface area contributed by atoms with E-state index in [9.17, 15) is 0 Å². The lowest BCUT2D eigenvalue weighted by Gasteiger charge is -2.22. The zero-order valence-corrected chi connectivity index (χ0v) is 13.8. The number of thiazole rings is 1. The zero-order chi connectivity index (χ0) is 15.5. The van der Waals surface area contributed by atoms with Gasteiger partial charge in [0.05, 0.1) is 25.0 Å². The first-order valence-electron chi connectivity index (χ1n) is 8.01. The number of nitrogens with zero attached hydrogens (tertiary/aromatic N) is 2. The summed E-state index contributed by atoms with van der Waals surface area (Å²) < 4.78 is 11.4. The maximum absolute atomic E-state index is 5.84. The van der Waals surface area contributed by atoms with E-state index < -0.39 is 0 Å². The largest absolute Gasteiger partial charge is 0.464 e. The van der Waals surface area contributed by atoms with Gasteiger partial charge in [-0.3, -0.25) is 9.88 Å². The molecular weight excluding hydrogens is 308 g/mol. The molecule has 4 rings (SSSR count). The Bertz CT molecular complexity index is 753. The van der Waals surface area contributed by atoms with Crippen LogP contribution in [0.25, 0.3) is 11.0 Å². The Kier molecular flexibility index (Phi) is 4.41. The lowest BCUT2D eigenvalue weighted by atomic mass is 9.97. The van der Waals surface area contributed by atoms with Crippen LogP contribution in [-0.4, -0.2) is 36.2 Å². The molecule has 1 fully saturated rings. The summed E-state index contributed by atoms with van der Waals surface area (Å²) in [5, 5.41) is 1.23. The number of ether oxygens (including phenoxy) is 1. The fourth-order valence-corrected chi connectivity index (χ4v) is 3.94. The Hall–Kier alpha value is -1.69. The third-order valence-corrected chi connectivity index (χ3v) is 5.14. The summed E-state index contributed by atoms with van der Waals surface area (Å²) in [4.78, 5) is 7.98. The number of aromatic nitrogens is 1. The van der Waals surface area contributed by atoms with Crippen molar-refractivity contribution < 1.29 is 9.15 Å². The molecule has 3 aromatic rings. The van der Waals surface area contributed by atoms with E-state index in [0.29, 0.717) is 5.92 Å². The molecular formula is C18H20N2O2S. The molecule has 0 radical (unpaired) electrons. The minimum atomic E-state index is 0.505. The van der Waals surface area contributed by atoms with Crippen LogP contribution in [0, 0.1) is 5.92 Å². The van der Waals surface area contributed by atoms with Gasteiger partial charge in [-0.05, 0) is 30.0 Å². The van der Waals surface area contributed by atoms with Crippen molar-refractivity contribution in [3.05, 3.63) is 52.7 Å². The summed E-state index contributed by atoms with van der Waals surface area (Å²) in [7, 11) is 0. The van der Waals surface area contributed by atoms with E-state index in [1.165, 1.54) is 15.8 Å². The van der Waals surface area contributed by atoms with Gasteiger partial charge in [0.1, 0.15) is 5.58 Å². The van der Waals surface area contributed by atoms with E-state index in [4.69, 9.17) is 9.15 Å². The molecule has 1 aliphatic heterocycles. The van der Waals surface area contributed by atoms with Gasteiger partial charge in [0.15, 0.2) is 0 Å². The first kappa shape index (κ1) is 14.9. The van der Waals surface area contributed by atoms with Gasteiger partial charge in [0.2, 0.25) is 0 Å². The molecule has 4 nitrogen and oxygen atoms in total. The molecule has 0 bridgehead atoms. The SMILES string of the molecule is c1cc(C[C@@H]2COCCN(Cc3cncs3)C2)c2ccoc2c1. The molecule has 1 saturated heterocycles. The molecule has 0 saturated carbocycles. The Morgan fingerprint density at radius 2 is 2.30 bits per heavy atom. The van der Waals surface area contributed by atoms with E-state index in [0.717, 1.165) is 44.9 Å². The van der Waals surface area contributed by atoms with Gasteiger partial charge in [0, 0.05) is 36.1 Å². The first-order chi connectivity index (χ1) is 11.4. The monoisotopic (exact) mass is 328 g/mol. The van der Waals surface area contributed by atoms with Crippen LogP contribution in [0.2, 0.25) is 0 Å². The van der Waals surface area contributed by atoms with Crippen LogP contribution < -0.4 is 0 Å². The second-order valence-electron chi connectivity index (χ2n) is 6.10. The van der Waals surface area contributed by atoms with Gasteiger partial charge in [-0.1, -0.05) is 12.1 Å². The third kappa shape index (κ3) is 3.47. The summed E-state index contributed by atoms with van der Waals surface area (Å²) in [6, 6.07) is 8.37. The molecule has 0 unspecified atom stereocenters. The summed E-state index contributed by atoms with van der Waals surface area (Å²) in [5.74, 6) is 0.505. The highest BCUT2D eigenvalue weighted by Gasteiger charge is 2.20. The summed E-state index contributed by atoms with van der Waals surface area (Å²) >= 11 is 1.73. The minimum absolute atomic E-state index is 0.505. The van der Waals surface area contributed by atoms with Crippen LogP contribution in [0.15, 0.2) is 46.7 Å². The highest BCUT2D eigenvalue weighted by atomic mass is 32.1. The van der Waals surface area contributed by atoms with Crippen LogP contribution in [0.5, 0.6) is 0 Å². The molecule has 1 aromatic carbocycles. The van der Waals surface area contributed by atoms with Gasteiger partial charge < -0.3 is 9.15 Å². The average Bonchev–Trinajstić information content (AvgIpc) is 3.18. The Morgan fingerprint density at radius 1 is 1.30 bits per heavy atom. The molecule has 3 heterocycles. The van der Waals surface area contributed by atoms with Gasteiger partial charge in [-0.15, -0.1) is 11.3 Å². The van der Waals surface area contributed by atoms with Crippen molar-refractivity contribution in [2.24, 2.45) is 5.92 Å². The van der Waals surface area contributed by atoms with E-state index in [2.05, 4.69) is 28.1 Å². The van der Waals surface area contributed by atoms with E-state index in [-0.39, 0.29) is 0 Å². The van der Waals surface area contributed by atoms with Crippen molar-refractivity contribution in [1.29, 1.82) is 0 Å². The van der Waals surface area contributed by atoms with Crippen molar-refractivity contribution >= 4 is 22.3 Å². The number of furan rings is 1. The molecule has 1 aliphatic rings. The van der Waals surface area contributed by atoms with Crippen molar-refractivity contribution in [1.82, 2.24) is 9.88 Å². The predicted octanol–water partition coefficient (Wildman–Crippen LogP) is 3.58. The van der Waals surface area contributed by atoms with Crippen molar-refractivity contribution in [2.45, 2.75) is 13.0 Å². The van der Waals surface area contributed by atoms with Crippen molar-refractivity contribution in [2.75, 3.05) is 26.3 Å². The number of hydrogen-bond acceptors (Lipinski definition) is 5. The maximum atomic E-state index is 5.84. The molecule has 120 valence electrons. The van der Waals surface area contributed by atoms with Crippen LogP contribution in [-0.2, 0) is 17.7 Å². The Morgan fingerprint density at radius 3 is 3.22 bits per heavy atom. The normalized spacial score (nSPS) is 19.9. The van der Waals surface area contributed by atoms with E-state index in [1.54, 1.807) is 17.6 Å². The highest BCUT2D eigenvalue weighted by molar-refractivity contribution is 7.09. The van der Waals surface area contributed by atoms with Crippen LogP contribution in [0.1, 0.15) is 10.4 Å². The molecule has 0 aliphatic carbocycles. The van der Waals surface area contributed by atoms with Gasteiger partial charge >= 0.3 is 0 Å². The first-order valence-corrected chi connectivity index (χ1v) is 8.89. The third-order valence-electron chi connectivity index (χ3n) is 4.38. The van der Waals surface area contributed by atoms with E-state index in [1.807, 2.05) is 17.8 Å². The second kappa shape index (κ2) is 6.83. The van der Waals surface area contributed by atoms with Crippen molar-refractivity contribution in [3.8, 4) is 0 Å². The van der Waals surface area contributed by atoms with Crippen molar-refractivity contribution in [3.63, 3.8) is 0 Å². The average molecular weight is 328 g/mol. The molecule has 1 atom stereocenters. The molecule has 5 heteroatoms. The fraction of sp³-hybridized carbons (Fsp3) is 0.389. The predicted molar refractivity (Wildman–Crippen MR) is 91.6 cm³/mol. The zero-order valence-electron chi connectivity index (χ0n) is 13.0. The standard InChI is InChI=1S/C18H20N2O2S/c1-2-15(17-4-6-22-18(17)3-1)8-14-10-20(5-7-21-12-14)11-16-9-19-13-23-16/h1-4,6,9,13-14H,5,7-8,10-12H2/t14-/m0/s1. The topological polar surface area (TPSA) is 38.5 Å². The molecule has 0 spiro atoms. The summed E-state index contributed by atoms with van der Waals surface area (Å²) in [6.07, 6.45) is 4.77. The minimum Gasteiger partial charge on any atom is -0.464 e. The molecule has 0 amide bonds. The maximum Gasteiger partial charge on any atom is 0.134 e. The quantitative estimate of drug-likeness (QED) is 0.734. The number of hydrogen-bond donors (Lipinski definition) is 0. The van der Waals surface area contributed by atoms with Gasteiger partial charge in [-0.2, -0.15) is 0 Å². The number of fused-ring (bicyclic) bond motifs is 1. The number of rotatable bonds is 4. The molecule has 0 N–H and O–H groups in total. The Labute approximate surface area is 139 Å². The highest BCUT2D eigenvalue weighted by Crippen LogP contribution is 2.24. The lowest BCUT2D eigenvalue weighted by Crippen LogP contribution is -2.30. The van der Waals surface area contributed by atoms with Crippen LogP contribution in [0.4, 0.5) is 0 Å². The van der Waals surface area contributed by atoms with Crippen LogP contribution >= 0.6 is 11.3 Å². The fourth-order valence-electron chi connectivity index (χ4n) is 3.31. The Balaban J connectivity index is 1.48. The second-order valence-corrected chi connectivity index (χ2v) is 7.07. The summed E-state index contributed by atoms with van der Waals surface area (Å²) in [5.41, 5.74) is 4.23.